The van der Waals surface area contributed by atoms with Crippen LogP contribution in [0, 0.1) is 5.92 Å². The second-order valence-corrected chi connectivity index (χ2v) is 6.39. The number of ether oxygens (including phenoxy) is 1. The van der Waals surface area contributed by atoms with Crippen molar-refractivity contribution < 1.29 is 9.53 Å². The molecular formula is C17H21N3O2. The van der Waals surface area contributed by atoms with Gasteiger partial charge in [-0.15, -0.1) is 0 Å². The Kier molecular flexibility index (Phi) is 3.37. The zero-order valence-electron chi connectivity index (χ0n) is 12.8. The van der Waals surface area contributed by atoms with E-state index in [2.05, 4.69) is 20.9 Å². The lowest BCUT2D eigenvalue weighted by Crippen LogP contribution is -2.41. The molecular weight excluding hydrogens is 278 g/mol. The van der Waals surface area contributed by atoms with Crippen molar-refractivity contribution in [1.29, 1.82) is 0 Å². The molecule has 2 aliphatic heterocycles. The SMILES string of the molecule is COC(=O)C[C@@H]1CCN2CCc3c([nH]c4ncccc34)[C@@H]2C1. The third-order valence-electron chi connectivity index (χ3n) is 5.20. The van der Waals surface area contributed by atoms with Gasteiger partial charge < -0.3 is 9.72 Å². The van der Waals surface area contributed by atoms with Gasteiger partial charge in [-0.3, -0.25) is 9.69 Å². The zero-order valence-corrected chi connectivity index (χ0v) is 12.8. The van der Waals surface area contributed by atoms with Crippen molar-refractivity contribution in [3.8, 4) is 0 Å². The van der Waals surface area contributed by atoms with E-state index >= 15 is 0 Å². The van der Waals surface area contributed by atoms with Gasteiger partial charge in [-0.05, 0) is 49.4 Å². The molecule has 5 nitrogen and oxygen atoms in total. The number of H-pyrrole nitrogens is 1. The molecule has 0 unspecified atom stereocenters. The minimum Gasteiger partial charge on any atom is -0.469 e. The maximum absolute atomic E-state index is 11.6. The van der Waals surface area contributed by atoms with Gasteiger partial charge in [0.1, 0.15) is 5.65 Å². The molecule has 1 N–H and O–H groups in total. The minimum atomic E-state index is -0.0900. The first-order valence-corrected chi connectivity index (χ1v) is 8.02. The third kappa shape index (κ3) is 2.20. The number of esters is 1. The summed E-state index contributed by atoms with van der Waals surface area (Å²) in [6.07, 6.45) is 5.56. The molecule has 2 aliphatic rings. The third-order valence-corrected chi connectivity index (χ3v) is 5.20. The normalized spacial score (nSPS) is 24.8. The van der Waals surface area contributed by atoms with E-state index in [1.165, 1.54) is 23.8 Å². The van der Waals surface area contributed by atoms with Crippen LogP contribution in [0.1, 0.15) is 36.6 Å². The van der Waals surface area contributed by atoms with E-state index in [-0.39, 0.29) is 5.97 Å². The molecule has 4 heterocycles. The molecule has 1 saturated heterocycles. The van der Waals surface area contributed by atoms with Crippen LogP contribution >= 0.6 is 0 Å². The first-order valence-electron chi connectivity index (χ1n) is 8.02. The summed E-state index contributed by atoms with van der Waals surface area (Å²) in [7, 11) is 1.47. The van der Waals surface area contributed by atoms with Crippen molar-refractivity contribution in [2.45, 2.75) is 31.7 Å². The fraction of sp³-hybridized carbons (Fsp3) is 0.529. The number of methoxy groups -OCH3 is 1. The van der Waals surface area contributed by atoms with Crippen LogP contribution in [0.25, 0.3) is 11.0 Å². The van der Waals surface area contributed by atoms with Crippen LogP contribution in [0.15, 0.2) is 18.3 Å². The van der Waals surface area contributed by atoms with Gasteiger partial charge in [0.15, 0.2) is 0 Å². The van der Waals surface area contributed by atoms with Gasteiger partial charge in [0.05, 0.1) is 13.2 Å². The molecule has 2 atom stereocenters. The lowest BCUT2D eigenvalue weighted by atomic mass is 9.83. The summed E-state index contributed by atoms with van der Waals surface area (Å²) in [6.45, 7) is 2.17. The Morgan fingerprint density at radius 1 is 1.50 bits per heavy atom. The molecule has 0 aromatic carbocycles. The molecule has 1 fully saturated rings. The Morgan fingerprint density at radius 2 is 2.41 bits per heavy atom. The molecule has 0 bridgehead atoms. The Hall–Kier alpha value is -1.88. The van der Waals surface area contributed by atoms with E-state index in [0.717, 1.165) is 38.0 Å². The van der Waals surface area contributed by atoms with Crippen molar-refractivity contribution in [1.82, 2.24) is 14.9 Å². The van der Waals surface area contributed by atoms with E-state index in [9.17, 15) is 4.79 Å². The Labute approximate surface area is 129 Å². The van der Waals surface area contributed by atoms with Crippen LogP contribution in [0.2, 0.25) is 0 Å². The van der Waals surface area contributed by atoms with Crippen molar-refractivity contribution in [2.75, 3.05) is 20.2 Å². The number of fused-ring (bicyclic) bond motifs is 5. The highest BCUT2D eigenvalue weighted by atomic mass is 16.5. The number of hydrogen-bond acceptors (Lipinski definition) is 4. The quantitative estimate of drug-likeness (QED) is 0.865. The molecule has 0 aliphatic carbocycles. The zero-order chi connectivity index (χ0) is 15.1. The predicted molar refractivity (Wildman–Crippen MR) is 83.5 cm³/mol. The molecule has 22 heavy (non-hydrogen) atoms. The molecule has 0 amide bonds. The largest absolute Gasteiger partial charge is 0.469 e. The van der Waals surface area contributed by atoms with Gasteiger partial charge in [0.25, 0.3) is 0 Å². The molecule has 0 spiro atoms. The summed E-state index contributed by atoms with van der Waals surface area (Å²) >= 11 is 0. The fourth-order valence-electron chi connectivity index (χ4n) is 4.07. The monoisotopic (exact) mass is 299 g/mol. The fourth-order valence-corrected chi connectivity index (χ4v) is 4.07. The van der Waals surface area contributed by atoms with Gasteiger partial charge in [-0.2, -0.15) is 0 Å². The van der Waals surface area contributed by atoms with Crippen molar-refractivity contribution in [3.63, 3.8) is 0 Å². The predicted octanol–water partition coefficient (Wildman–Crippen LogP) is 2.44. The lowest BCUT2D eigenvalue weighted by Gasteiger charge is -2.42. The Balaban J connectivity index is 1.65. The second-order valence-electron chi connectivity index (χ2n) is 6.39. The number of nitrogens with zero attached hydrogens (tertiary/aromatic N) is 2. The van der Waals surface area contributed by atoms with Crippen LogP contribution in [-0.2, 0) is 16.0 Å². The van der Waals surface area contributed by atoms with Crippen molar-refractivity contribution in [2.24, 2.45) is 5.92 Å². The molecule has 0 saturated carbocycles. The highest BCUT2D eigenvalue weighted by Gasteiger charge is 2.36. The standard InChI is InChI=1S/C17H21N3O2/c1-22-15(21)10-11-4-7-20-8-5-12-13-3-2-6-18-17(13)19-16(12)14(20)9-11/h2-3,6,11,14H,4-5,7-10H2,1H3,(H,18,19)/t11-,14+/m1/s1. The Morgan fingerprint density at radius 3 is 3.27 bits per heavy atom. The summed E-state index contributed by atoms with van der Waals surface area (Å²) < 4.78 is 4.84. The highest BCUT2D eigenvalue weighted by Crippen LogP contribution is 2.41. The average Bonchev–Trinajstić information content (AvgIpc) is 2.94. The van der Waals surface area contributed by atoms with Gasteiger partial charge in [0, 0.05) is 30.2 Å². The number of aromatic amines is 1. The van der Waals surface area contributed by atoms with Gasteiger partial charge in [-0.25, -0.2) is 4.98 Å². The number of rotatable bonds is 2. The number of nitrogens with one attached hydrogen (secondary N) is 1. The summed E-state index contributed by atoms with van der Waals surface area (Å²) in [5.74, 6) is 0.326. The lowest BCUT2D eigenvalue weighted by molar-refractivity contribution is -0.142. The number of carbonyl (C=O) groups is 1. The van der Waals surface area contributed by atoms with Gasteiger partial charge in [0.2, 0.25) is 0 Å². The maximum Gasteiger partial charge on any atom is 0.305 e. The molecule has 116 valence electrons. The second kappa shape index (κ2) is 5.39. The van der Waals surface area contributed by atoms with E-state index in [1.54, 1.807) is 0 Å². The van der Waals surface area contributed by atoms with E-state index in [4.69, 9.17) is 4.74 Å². The first-order chi connectivity index (χ1) is 10.8. The van der Waals surface area contributed by atoms with Crippen LogP contribution < -0.4 is 0 Å². The number of hydrogen-bond donors (Lipinski definition) is 1. The molecule has 0 radical (unpaired) electrons. The number of carbonyl (C=O) groups excluding carboxylic acids is 1. The number of aromatic nitrogens is 2. The van der Waals surface area contributed by atoms with Gasteiger partial charge >= 0.3 is 5.97 Å². The number of pyridine rings is 1. The maximum atomic E-state index is 11.6. The first kappa shape index (κ1) is 13.8. The van der Waals surface area contributed by atoms with Crippen LogP contribution in [0.5, 0.6) is 0 Å². The summed E-state index contributed by atoms with van der Waals surface area (Å²) in [5, 5.41) is 1.26. The van der Waals surface area contributed by atoms with E-state index in [0.29, 0.717) is 18.4 Å². The van der Waals surface area contributed by atoms with E-state index in [1.807, 2.05) is 12.3 Å². The molecule has 5 heteroatoms. The Bertz CT molecular complexity index is 709. The van der Waals surface area contributed by atoms with E-state index < -0.39 is 0 Å². The van der Waals surface area contributed by atoms with Crippen LogP contribution in [0.4, 0.5) is 0 Å². The molecule has 2 aromatic heterocycles. The topological polar surface area (TPSA) is 58.2 Å². The summed E-state index contributed by atoms with van der Waals surface area (Å²) in [5.41, 5.74) is 3.72. The molecule has 4 rings (SSSR count). The van der Waals surface area contributed by atoms with Gasteiger partial charge in [-0.1, -0.05) is 0 Å². The van der Waals surface area contributed by atoms with Crippen LogP contribution in [-0.4, -0.2) is 41.0 Å². The summed E-state index contributed by atoms with van der Waals surface area (Å²) in [4.78, 5) is 22.1. The number of piperidine rings is 1. The highest BCUT2D eigenvalue weighted by molar-refractivity contribution is 5.81. The van der Waals surface area contributed by atoms with Crippen LogP contribution in [0.3, 0.4) is 0 Å². The van der Waals surface area contributed by atoms with Crippen molar-refractivity contribution in [3.05, 3.63) is 29.6 Å². The smallest absolute Gasteiger partial charge is 0.305 e. The minimum absolute atomic E-state index is 0.0900. The van der Waals surface area contributed by atoms with Crippen molar-refractivity contribution >= 4 is 17.0 Å². The average molecular weight is 299 g/mol. The molecule has 2 aromatic rings. The summed E-state index contributed by atoms with van der Waals surface area (Å²) in [6, 6.07) is 4.55.